The fourth-order valence-electron chi connectivity index (χ4n) is 2.91. The van der Waals surface area contributed by atoms with E-state index in [0.717, 1.165) is 24.8 Å². The van der Waals surface area contributed by atoms with E-state index in [4.69, 9.17) is 0 Å². The normalized spacial score (nSPS) is 16.5. The first-order valence-corrected chi connectivity index (χ1v) is 10.0. The summed E-state index contributed by atoms with van der Waals surface area (Å²) in [6.45, 7) is 5.63. The molecule has 7 nitrogen and oxygen atoms in total. The van der Waals surface area contributed by atoms with Crippen LogP contribution in [-0.2, 0) is 27.7 Å². The van der Waals surface area contributed by atoms with Crippen molar-refractivity contribution in [2.24, 2.45) is 5.92 Å². The molecule has 1 aromatic heterocycles. The van der Waals surface area contributed by atoms with Crippen molar-refractivity contribution in [2.75, 3.05) is 18.6 Å². The number of aliphatic hydroxyl groups is 1. The molecule has 0 fully saturated rings. The van der Waals surface area contributed by atoms with Crippen LogP contribution in [0.1, 0.15) is 44.2 Å². The number of fused-ring (bicyclic) bond motifs is 1. The summed E-state index contributed by atoms with van der Waals surface area (Å²) in [4.78, 5) is 14.3. The second-order valence-corrected chi connectivity index (χ2v) is 8.35. The molecule has 130 valence electrons. The van der Waals surface area contributed by atoms with Gasteiger partial charge in [-0.25, -0.2) is 8.42 Å². The van der Waals surface area contributed by atoms with E-state index in [1.54, 1.807) is 10.7 Å². The van der Waals surface area contributed by atoms with Crippen molar-refractivity contribution < 1.29 is 18.3 Å². The molecule has 0 unspecified atom stereocenters. The van der Waals surface area contributed by atoms with Crippen molar-refractivity contribution in [3.8, 4) is 0 Å². The molecule has 0 spiro atoms. The van der Waals surface area contributed by atoms with E-state index in [1.165, 1.54) is 0 Å². The summed E-state index contributed by atoms with van der Waals surface area (Å²) in [6.07, 6.45) is 1.60. The summed E-state index contributed by atoms with van der Waals surface area (Å²) in [6, 6.07) is 1.70. The number of amides is 1. The number of carbonyl (C=O) groups excluding carboxylic acids is 1. The Balaban J connectivity index is 2.12. The van der Waals surface area contributed by atoms with Crippen LogP contribution in [0.2, 0.25) is 0 Å². The van der Waals surface area contributed by atoms with Crippen molar-refractivity contribution in [1.82, 2.24) is 14.7 Å². The predicted molar refractivity (Wildman–Crippen MR) is 86.4 cm³/mol. The smallest absolute Gasteiger partial charge is 0.226 e. The largest absolute Gasteiger partial charge is 0.386 e. The molecule has 0 saturated heterocycles. The highest BCUT2D eigenvalue weighted by Gasteiger charge is 2.27. The Hall–Kier alpha value is -1.41. The lowest BCUT2D eigenvalue weighted by molar-refractivity contribution is -0.137. The van der Waals surface area contributed by atoms with E-state index in [1.807, 2.05) is 18.7 Å². The first-order valence-electron chi connectivity index (χ1n) is 7.96. The average Bonchev–Trinajstić information content (AvgIpc) is 2.89. The molecule has 1 atom stereocenters. The van der Waals surface area contributed by atoms with Gasteiger partial charge in [0, 0.05) is 18.7 Å². The van der Waals surface area contributed by atoms with Gasteiger partial charge >= 0.3 is 0 Å². The molecule has 0 radical (unpaired) electrons. The van der Waals surface area contributed by atoms with Crippen LogP contribution in [0.3, 0.4) is 0 Å². The van der Waals surface area contributed by atoms with Crippen LogP contribution in [-0.4, -0.2) is 52.7 Å². The Bertz CT molecular complexity index is 664. The van der Waals surface area contributed by atoms with Gasteiger partial charge in [-0.2, -0.15) is 5.10 Å². The number of hydrogen-bond acceptors (Lipinski definition) is 5. The zero-order valence-electron chi connectivity index (χ0n) is 13.9. The number of rotatable bonds is 6. The van der Waals surface area contributed by atoms with Crippen LogP contribution >= 0.6 is 0 Å². The molecule has 2 heterocycles. The maximum atomic E-state index is 12.5. The highest BCUT2D eigenvalue weighted by atomic mass is 32.2. The summed E-state index contributed by atoms with van der Waals surface area (Å²) >= 11 is 0. The number of nitrogens with zero attached hydrogens (tertiary/aromatic N) is 3. The van der Waals surface area contributed by atoms with Crippen LogP contribution in [0.15, 0.2) is 6.07 Å². The Kier molecular flexibility index (Phi) is 5.46. The fraction of sp³-hybridized carbons (Fsp3) is 0.733. The summed E-state index contributed by atoms with van der Waals surface area (Å²) < 4.78 is 24.3. The van der Waals surface area contributed by atoms with Gasteiger partial charge in [0.15, 0.2) is 0 Å². The van der Waals surface area contributed by atoms with Gasteiger partial charge in [0.2, 0.25) is 5.91 Å². The van der Waals surface area contributed by atoms with Gasteiger partial charge in [-0.15, -0.1) is 0 Å². The Morgan fingerprint density at radius 2 is 2.00 bits per heavy atom. The quantitative estimate of drug-likeness (QED) is 0.822. The lowest BCUT2D eigenvalue weighted by Gasteiger charge is -2.30. The highest BCUT2D eigenvalue weighted by molar-refractivity contribution is 7.90. The first kappa shape index (κ1) is 17.9. The molecule has 1 N–H and O–H groups in total. The number of hydrogen-bond donors (Lipinski definition) is 1. The molecular weight excluding hydrogens is 318 g/mol. The maximum Gasteiger partial charge on any atom is 0.226 e. The van der Waals surface area contributed by atoms with Crippen LogP contribution in [0.4, 0.5) is 0 Å². The first-order chi connectivity index (χ1) is 10.7. The van der Waals surface area contributed by atoms with E-state index in [-0.39, 0.29) is 17.6 Å². The highest BCUT2D eigenvalue weighted by Crippen LogP contribution is 2.21. The third-order valence-corrected chi connectivity index (χ3v) is 5.19. The van der Waals surface area contributed by atoms with Gasteiger partial charge in [0.1, 0.15) is 15.9 Å². The molecule has 1 aromatic rings. The van der Waals surface area contributed by atoms with Crippen LogP contribution in [0.5, 0.6) is 0 Å². The predicted octanol–water partition coefficient (Wildman–Crippen LogP) is 0.740. The number of carbonyl (C=O) groups is 1. The van der Waals surface area contributed by atoms with Gasteiger partial charge in [-0.3, -0.25) is 9.48 Å². The molecule has 8 heteroatoms. The molecule has 0 aromatic carbocycles. The zero-order valence-corrected chi connectivity index (χ0v) is 14.7. The van der Waals surface area contributed by atoms with Gasteiger partial charge in [-0.05, 0) is 18.9 Å². The lowest BCUT2D eigenvalue weighted by atomic mass is 10.0. The molecule has 0 aliphatic carbocycles. The van der Waals surface area contributed by atoms with E-state index in [2.05, 4.69) is 5.10 Å². The summed E-state index contributed by atoms with van der Waals surface area (Å²) in [7, 11) is -3.28. The van der Waals surface area contributed by atoms with Gasteiger partial charge in [-0.1, -0.05) is 13.8 Å². The lowest BCUT2D eigenvalue weighted by Crippen LogP contribution is -2.41. The Labute approximate surface area is 137 Å². The molecule has 1 aliphatic heterocycles. The molecule has 1 amide bonds. The average molecular weight is 343 g/mol. The van der Waals surface area contributed by atoms with Gasteiger partial charge in [0.25, 0.3) is 0 Å². The van der Waals surface area contributed by atoms with E-state index >= 15 is 0 Å². The Morgan fingerprint density at radius 3 is 2.57 bits per heavy atom. The van der Waals surface area contributed by atoms with Crippen molar-refractivity contribution in [1.29, 1.82) is 0 Å². The second kappa shape index (κ2) is 7.00. The molecule has 0 saturated carbocycles. The van der Waals surface area contributed by atoms with Gasteiger partial charge in [0.05, 0.1) is 30.2 Å². The molecule has 1 aliphatic rings. The topological polar surface area (TPSA) is 92.5 Å². The van der Waals surface area contributed by atoms with Crippen LogP contribution in [0, 0.1) is 5.92 Å². The number of aromatic nitrogens is 2. The van der Waals surface area contributed by atoms with Gasteiger partial charge < -0.3 is 10.0 Å². The maximum absolute atomic E-state index is 12.5. The van der Waals surface area contributed by atoms with Crippen LogP contribution < -0.4 is 0 Å². The van der Waals surface area contributed by atoms with E-state index in [9.17, 15) is 18.3 Å². The SMILES string of the molecule is CCC(CC)C(=O)N1CCn2nc([C@@H](O)CS(C)(=O)=O)cc2C1. The van der Waals surface area contributed by atoms with E-state index in [0.29, 0.717) is 25.3 Å². The molecule has 2 rings (SSSR count). The van der Waals surface area contributed by atoms with Crippen molar-refractivity contribution in [3.63, 3.8) is 0 Å². The second-order valence-electron chi connectivity index (χ2n) is 6.17. The minimum absolute atomic E-state index is 0.0415. The minimum Gasteiger partial charge on any atom is -0.386 e. The summed E-state index contributed by atoms with van der Waals surface area (Å²) in [5.74, 6) is -0.153. The fourth-order valence-corrected chi connectivity index (χ4v) is 3.65. The van der Waals surface area contributed by atoms with Crippen molar-refractivity contribution >= 4 is 15.7 Å². The van der Waals surface area contributed by atoms with Crippen molar-refractivity contribution in [3.05, 3.63) is 17.5 Å². The number of aliphatic hydroxyl groups excluding tert-OH is 1. The summed E-state index contributed by atoms with van der Waals surface area (Å²) in [5, 5.41) is 14.3. The Morgan fingerprint density at radius 1 is 1.35 bits per heavy atom. The molecule has 23 heavy (non-hydrogen) atoms. The third kappa shape index (κ3) is 4.32. The number of sulfone groups is 1. The zero-order chi connectivity index (χ0) is 17.2. The molecule has 0 bridgehead atoms. The third-order valence-electron chi connectivity index (χ3n) is 4.27. The van der Waals surface area contributed by atoms with E-state index < -0.39 is 15.9 Å². The summed E-state index contributed by atoms with van der Waals surface area (Å²) in [5.41, 5.74) is 1.18. The van der Waals surface area contributed by atoms with Crippen LogP contribution in [0.25, 0.3) is 0 Å². The molecular formula is C15H25N3O4S. The minimum atomic E-state index is -3.28. The standard InChI is InChI=1S/C15H25N3O4S/c1-4-11(5-2)15(20)17-6-7-18-12(9-17)8-13(16-18)14(19)10-23(3,21)22/h8,11,14,19H,4-7,9-10H2,1-3H3/t14-/m0/s1. The monoisotopic (exact) mass is 343 g/mol. The van der Waals surface area contributed by atoms with Crippen molar-refractivity contribution in [2.45, 2.75) is 45.9 Å².